The van der Waals surface area contributed by atoms with Crippen LogP contribution in [0.5, 0.6) is 0 Å². The van der Waals surface area contributed by atoms with Gasteiger partial charge in [-0.1, -0.05) is 41.9 Å². The number of carbonyl (C=O) groups is 2. The van der Waals surface area contributed by atoms with E-state index in [0.717, 1.165) is 16.5 Å². The summed E-state index contributed by atoms with van der Waals surface area (Å²) in [5, 5.41) is 4.28. The fourth-order valence-electron chi connectivity index (χ4n) is 3.54. The van der Waals surface area contributed by atoms with Crippen LogP contribution >= 0.6 is 11.6 Å². The van der Waals surface area contributed by atoms with E-state index in [1.54, 1.807) is 29.4 Å². The molecule has 0 spiro atoms. The van der Waals surface area contributed by atoms with E-state index in [9.17, 15) is 9.59 Å². The van der Waals surface area contributed by atoms with Crippen molar-refractivity contribution in [2.75, 3.05) is 5.32 Å². The second-order valence-electron chi connectivity index (χ2n) is 6.67. The molecule has 1 atom stereocenters. The van der Waals surface area contributed by atoms with Crippen molar-refractivity contribution in [2.24, 2.45) is 0 Å². The highest BCUT2D eigenvalue weighted by atomic mass is 35.5. The first-order chi connectivity index (χ1) is 13.5. The van der Waals surface area contributed by atoms with E-state index in [-0.39, 0.29) is 24.3 Å². The summed E-state index contributed by atoms with van der Waals surface area (Å²) in [5.41, 5.74) is 3.19. The van der Waals surface area contributed by atoms with Crippen molar-refractivity contribution in [3.8, 4) is 0 Å². The first-order valence-electron chi connectivity index (χ1n) is 8.93. The van der Waals surface area contributed by atoms with Crippen LogP contribution in [0.15, 0.2) is 60.9 Å². The number of halogens is 1. The second-order valence-corrected chi connectivity index (χ2v) is 7.10. The Hall–Kier alpha value is -3.18. The number of hydrogen-bond acceptors (Lipinski definition) is 3. The lowest BCUT2D eigenvalue weighted by atomic mass is 9.93. The molecule has 2 amide bonds. The van der Waals surface area contributed by atoms with Crippen LogP contribution in [0, 0.1) is 0 Å². The van der Waals surface area contributed by atoms with Gasteiger partial charge >= 0.3 is 0 Å². The lowest BCUT2D eigenvalue weighted by Crippen LogP contribution is -2.33. The largest absolute Gasteiger partial charge is 0.324 e. The van der Waals surface area contributed by atoms with E-state index in [0.29, 0.717) is 16.2 Å². The van der Waals surface area contributed by atoms with E-state index in [1.165, 1.54) is 6.92 Å². The number of amides is 2. The van der Waals surface area contributed by atoms with E-state index in [1.807, 2.05) is 42.5 Å². The zero-order chi connectivity index (χ0) is 19.7. The Labute approximate surface area is 167 Å². The SMILES string of the molecule is CC(=O)N1C=Cc2ccccc2[C@H]1CC(=O)Nc1cc(Cl)cc2cccnc12. The molecule has 1 aliphatic rings. The van der Waals surface area contributed by atoms with E-state index < -0.39 is 0 Å². The maximum absolute atomic E-state index is 12.9. The second kappa shape index (κ2) is 7.44. The standard InChI is InChI=1S/C22H18ClN3O2/c1-14(27)26-10-8-15-5-2-3-7-18(15)20(26)13-21(28)25-19-12-17(23)11-16-6-4-9-24-22(16)19/h2-12,20H,13H2,1H3,(H,25,28)/t20-/m1/s1. The predicted molar refractivity (Wildman–Crippen MR) is 111 cm³/mol. The third-order valence-electron chi connectivity index (χ3n) is 4.79. The van der Waals surface area contributed by atoms with Crippen molar-refractivity contribution in [2.45, 2.75) is 19.4 Å². The number of fused-ring (bicyclic) bond motifs is 2. The fourth-order valence-corrected chi connectivity index (χ4v) is 3.77. The molecular weight excluding hydrogens is 374 g/mol. The van der Waals surface area contributed by atoms with E-state index >= 15 is 0 Å². The Kier molecular flexibility index (Phi) is 4.84. The third-order valence-corrected chi connectivity index (χ3v) is 5.01. The van der Waals surface area contributed by atoms with Crippen molar-refractivity contribution >= 4 is 46.1 Å². The minimum absolute atomic E-state index is 0.113. The molecule has 5 nitrogen and oxygen atoms in total. The Morgan fingerprint density at radius 2 is 2.00 bits per heavy atom. The van der Waals surface area contributed by atoms with Gasteiger partial charge in [0.1, 0.15) is 0 Å². The van der Waals surface area contributed by atoms with Crippen molar-refractivity contribution in [1.29, 1.82) is 0 Å². The molecule has 1 aliphatic heterocycles. The van der Waals surface area contributed by atoms with Crippen LogP contribution in [0.4, 0.5) is 5.69 Å². The summed E-state index contributed by atoms with van der Waals surface area (Å²) < 4.78 is 0. The maximum Gasteiger partial charge on any atom is 0.226 e. The van der Waals surface area contributed by atoms with Crippen LogP contribution in [0.2, 0.25) is 5.02 Å². The molecule has 6 heteroatoms. The lowest BCUT2D eigenvalue weighted by molar-refractivity contribution is -0.129. The number of carbonyl (C=O) groups excluding carboxylic acids is 2. The molecule has 0 aliphatic carbocycles. The van der Waals surface area contributed by atoms with Crippen LogP contribution in [-0.2, 0) is 9.59 Å². The van der Waals surface area contributed by atoms with E-state index in [4.69, 9.17) is 11.6 Å². The monoisotopic (exact) mass is 391 g/mol. The lowest BCUT2D eigenvalue weighted by Gasteiger charge is -2.32. The van der Waals surface area contributed by atoms with E-state index in [2.05, 4.69) is 10.3 Å². The molecule has 0 saturated heterocycles. The molecule has 2 aromatic carbocycles. The number of nitrogens with zero attached hydrogens (tertiary/aromatic N) is 2. The predicted octanol–water partition coefficient (Wildman–Crippen LogP) is 4.79. The molecule has 0 saturated carbocycles. The topological polar surface area (TPSA) is 62.3 Å². The molecule has 4 rings (SSSR count). The van der Waals surface area contributed by atoms with Crippen LogP contribution in [0.3, 0.4) is 0 Å². The average molecular weight is 392 g/mol. The van der Waals surface area contributed by atoms with Crippen LogP contribution in [-0.4, -0.2) is 21.7 Å². The van der Waals surface area contributed by atoms with Gasteiger partial charge < -0.3 is 10.2 Å². The number of aromatic nitrogens is 1. The van der Waals surface area contributed by atoms with Crippen molar-refractivity contribution in [1.82, 2.24) is 9.88 Å². The summed E-state index contributed by atoms with van der Waals surface area (Å²) in [6, 6.07) is 14.6. The smallest absolute Gasteiger partial charge is 0.226 e. The molecule has 0 bridgehead atoms. The molecule has 1 N–H and O–H groups in total. The molecule has 0 fully saturated rings. The van der Waals surface area contributed by atoms with Crippen molar-refractivity contribution < 1.29 is 9.59 Å². The molecule has 1 aromatic heterocycles. The fraction of sp³-hybridized carbons (Fsp3) is 0.136. The molecule has 0 radical (unpaired) electrons. The minimum atomic E-state index is -0.364. The highest BCUT2D eigenvalue weighted by Gasteiger charge is 2.28. The van der Waals surface area contributed by atoms with Crippen LogP contribution in [0.25, 0.3) is 17.0 Å². The normalized spacial score (nSPS) is 15.4. The average Bonchev–Trinajstić information content (AvgIpc) is 2.67. The quantitative estimate of drug-likeness (QED) is 0.698. The van der Waals surface area contributed by atoms with Gasteiger partial charge in [0.25, 0.3) is 0 Å². The summed E-state index contributed by atoms with van der Waals surface area (Å²) in [5.74, 6) is -0.325. The highest BCUT2D eigenvalue weighted by molar-refractivity contribution is 6.32. The van der Waals surface area contributed by atoms with Gasteiger partial charge in [-0.25, -0.2) is 0 Å². The summed E-state index contributed by atoms with van der Waals surface area (Å²) in [7, 11) is 0. The van der Waals surface area contributed by atoms with Gasteiger partial charge in [0.05, 0.1) is 23.7 Å². The van der Waals surface area contributed by atoms with Crippen molar-refractivity contribution in [3.05, 3.63) is 77.1 Å². The highest BCUT2D eigenvalue weighted by Crippen LogP contribution is 2.33. The van der Waals surface area contributed by atoms with Crippen LogP contribution < -0.4 is 5.32 Å². The molecule has 140 valence electrons. The van der Waals surface area contributed by atoms with Gasteiger partial charge in [-0.15, -0.1) is 0 Å². The zero-order valence-electron chi connectivity index (χ0n) is 15.2. The Balaban J connectivity index is 1.63. The number of pyridine rings is 1. The molecule has 2 heterocycles. The number of anilines is 1. The van der Waals surface area contributed by atoms with Gasteiger partial charge in [-0.2, -0.15) is 0 Å². The Morgan fingerprint density at radius 1 is 1.18 bits per heavy atom. The summed E-state index contributed by atoms with van der Waals surface area (Å²) >= 11 is 6.19. The van der Waals surface area contributed by atoms with Crippen LogP contribution in [0.1, 0.15) is 30.5 Å². The number of nitrogens with one attached hydrogen (secondary N) is 1. The third kappa shape index (κ3) is 3.49. The van der Waals surface area contributed by atoms with Gasteiger partial charge in [0.15, 0.2) is 0 Å². The number of rotatable bonds is 3. The van der Waals surface area contributed by atoms with Gasteiger partial charge in [0.2, 0.25) is 11.8 Å². The van der Waals surface area contributed by atoms with Gasteiger partial charge in [-0.3, -0.25) is 14.6 Å². The zero-order valence-corrected chi connectivity index (χ0v) is 16.0. The molecule has 0 unspecified atom stereocenters. The summed E-state index contributed by atoms with van der Waals surface area (Å²) in [6.07, 6.45) is 5.42. The number of benzene rings is 2. The van der Waals surface area contributed by atoms with Crippen molar-refractivity contribution in [3.63, 3.8) is 0 Å². The first-order valence-corrected chi connectivity index (χ1v) is 9.31. The summed E-state index contributed by atoms with van der Waals surface area (Å²) in [6.45, 7) is 1.50. The van der Waals surface area contributed by atoms with Gasteiger partial charge in [0, 0.05) is 29.7 Å². The first kappa shape index (κ1) is 18.2. The molecule has 28 heavy (non-hydrogen) atoms. The minimum Gasteiger partial charge on any atom is -0.324 e. The Morgan fingerprint density at radius 3 is 2.82 bits per heavy atom. The molecule has 3 aromatic rings. The van der Waals surface area contributed by atoms with Gasteiger partial charge in [-0.05, 0) is 35.4 Å². The maximum atomic E-state index is 12.9. The number of hydrogen-bond donors (Lipinski definition) is 1. The molecular formula is C22H18ClN3O2. The Bertz CT molecular complexity index is 1110. The summed E-state index contributed by atoms with van der Waals surface area (Å²) in [4.78, 5) is 30.9.